The number of carbonyl (C=O) groups is 1. The number of aromatic nitrogens is 1. The molecule has 0 aliphatic heterocycles. The molecule has 152 valence electrons. The van der Waals surface area contributed by atoms with Crippen molar-refractivity contribution in [3.05, 3.63) is 101 Å². The van der Waals surface area contributed by atoms with E-state index in [2.05, 4.69) is 11.1 Å². The predicted octanol–water partition coefficient (Wildman–Crippen LogP) is 5.99. The van der Waals surface area contributed by atoms with Gasteiger partial charge in [-0.3, -0.25) is 0 Å². The lowest BCUT2D eigenvalue weighted by Gasteiger charge is -2.14. The summed E-state index contributed by atoms with van der Waals surface area (Å²) in [4.78, 5) is 16.7. The highest BCUT2D eigenvalue weighted by Gasteiger charge is 2.17. The van der Waals surface area contributed by atoms with Gasteiger partial charge in [-0.1, -0.05) is 60.2 Å². The lowest BCUT2D eigenvalue weighted by Crippen LogP contribution is -2.12. The summed E-state index contributed by atoms with van der Waals surface area (Å²) in [6.07, 6.45) is 8.23. The molecular formula is C26H25NO3. The van der Waals surface area contributed by atoms with E-state index in [0.717, 1.165) is 16.7 Å². The molecule has 4 nitrogen and oxygen atoms in total. The van der Waals surface area contributed by atoms with Crippen LogP contribution in [0.5, 0.6) is 11.5 Å². The van der Waals surface area contributed by atoms with E-state index in [4.69, 9.17) is 9.47 Å². The quantitative estimate of drug-likeness (QED) is 0.212. The van der Waals surface area contributed by atoms with Crippen molar-refractivity contribution in [2.24, 2.45) is 0 Å². The van der Waals surface area contributed by atoms with Crippen molar-refractivity contribution in [2.45, 2.75) is 20.3 Å². The number of allylic oxidation sites excluding steroid dienone is 2. The average Bonchev–Trinajstić information content (AvgIpc) is 2.77. The fourth-order valence-corrected chi connectivity index (χ4v) is 2.91. The van der Waals surface area contributed by atoms with Gasteiger partial charge in [0.1, 0.15) is 17.2 Å². The summed E-state index contributed by atoms with van der Waals surface area (Å²) < 4.78 is 11.4. The summed E-state index contributed by atoms with van der Waals surface area (Å²) in [7, 11) is 1.62. The van der Waals surface area contributed by atoms with Crippen LogP contribution >= 0.6 is 0 Å². The van der Waals surface area contributed by atoms with Crippen LogP contribution in [0.3, 0.4) is 0 Å². The lowest BCUT2D eigenvalue weighted by molar-refractivity contribution is 0.0727. The van der Waals surface area contributed by atoms with Gasteiger partial charge >= 0.3 is 5.97 Å². The molecule has 0 fully saturated rings. The first-order valence-electron chi connectivity index (χ1n) is 9.77. The molecule has 0 amide bonds. The molecular weight excluding hydrogens is 374 g/mol. The average molecular weight is 399 g/mol. The first-order valence-corrected chi connectivity index (χ1v) is 9.77. The zero-order chi connectivity index (χ0) is 21.3. The summed E-state index contributed by atoms with van der Waals surface area (Å²) in [6, 6.07) is 19.0. The Balaban J connectivity index is 1.99. The molecule has 0 saturated heterocycles. The third-order valence-corrected chi connectivity index (χ3v) is 4.47. The Labute approximate surface area is 177 Å². The molecule has 0 unspecified atom stereocenters. The van der Waals surface area contributed by atoms with Crippen molar-refractivity contribution >= 4 is 18.1 Å². The normalized spacial score (nSPS) is 10.6. The largest absolute Gasteiger partial charge is 0.496 e. The van der Waals surface area contributed by atoms with Gasteiger partial charge in [0.15, 0.2) is 0 Å². The van der Waals surface area contributed by atoms with E-state index in [-0.39, 0.29) is 5.69 Å². The highest BCUT2D eigenvalue weighted by molar-refractivity contribution is 5.89. The van der Waals surface area contributed by atoms with Crippen molar-refractivity contribution in [1.82, 2.24) is 4.98 Å². The zero-order valence-corrected chi connectivity index (χ0v) is 17.5. The maximum Gasteiger partial charge on any atom is 0.362 e. The van der Waals surface area contributed by atoms with Crippen molar-refractivity contribution in [3.8, 4) is 11.5 Å². The van der Waals surface area contributed by atoms with Crippen LogP contribution in [-0.2, 0) is 6.42 Å². The highest BCUT2D eigenvalue weighted by atomic mass is 16.5. The number of hydrogen-bond donors (Lipinski definition) is 0. The topological polar surface area (TPSA) is 48.4 Å². The van der Waals surface area contributed by atoms with E-state index in [1.54, 1.807) is 31.5 Å². The van der Waals surface area contributed by atoms with Crippen LogP contribution in [-0.4, -0.2) is 18.1 Å². The SMILES string of the molecule is COc1cc(/C=C/c2ccccc2)cc(OC(=O)c2ccccn2)c1CC=C(C)C. The Morgan fingerprint density at radius 2 is 1.63 bits per heavy atom. The van der Waals surface area contributed by atoms with E-state index in [1.807, 2.05) is 68.5 Å². The summed E-state index contributed by atoms with van der Waals surface area (Å²) in [5.74, 6) is 0.641. The molecule has 0 N–H and O–H groups in total. The standard InChI is InChI=1S/C26H25NO3/c1-19(2)12-15-22-24(29-3)17-21(14-13-20-9-5-4-6-10-20)18-25(22)30-26(28)23-11-7-8-16-27-23/h4-14,16-18H,15H2,1-3H3/b14-13+. The Hall–Kier alpha value is -3.66. The third-order valence-electron chi connectivity index (χ3n) is 4.47. The fraction of sp³-hybridized carbons (Fsp3) is 0.154. The summed E-state index contributed by atoms with van der Waals surface area (Å²) in [5, 5.41) is 0. The highest BCUT2D eigenvalue weighted by Crippen LogP contribution is 2.33. The Morgan fingerprint density at radius 3 is 2.30 bits per heavy atom. The maximum absolute atomic E-state index is 12.6. The number of benzene rings is 2. The Kier molecular flexibility index (Phi) is 7.17. The van der Waals surface area contributed by atoms with Gasteiger partial charge in [0.2, 0.25) is 0 Å². The summed E-state index contributed by atoms with van der Waals surface area (Å²) in [6.45, 7) is 4.06. The molecule has 0 saturated carbocycles. The number of methoxy groups -OCH3 is 1. The smallest absolute Gasteiger partial charge is 0.362 e. The molecule has 3 rings (SSSR count). The van der Waals surface area contributed by atoms with Crippen molar-refractivity contribution in [1.29, 1.82) is 0 Å². The van der Waals surface area contributed by atoms with Crippen LogP contribution in [0.15, 0.2) is 78.5 Å². The molecule has 1 heterocycles. The number of carbonyl (C=O) groups excluding carboxylic acids is 1. The predicted molar refractivity (Wildman–Crippen MR) is 121 cm³/mol. The molecule has 2 aromatic carbocycles. The molecule has 0 aliphatic carbocycles. The minimum atomic E-state index is -0.500. The van der Waals surface area contributed by atoms with Gasteiger partial charge in [-0.25, -0.2) is 9.78 Å². The second-order valence-electron chi connectivity index (χ2n) is 7.03. The van der Waals surface area contributed by atoms with Crippen LogP contribution in [0.1, 0.15) is 41.0 Å². The first kappa shape index (κ1) is 21.1. The first-order chi connectivity index (χ1) is 14.6. The van der Waals surface area contributed by atoms with E-state index in [9.17, 15) is 4.79 Å². The van der Waals surface area contributed by atoms with Crippen molar-refractivity contribution < 1.29 is 14.3 Å². The van der Waals surface area contributed by atoms with Gasteiger partial charge in [-0.2, -0.15) is 0 Å². The second-order valence-corrected chi connectivity index (χ2v) is 7.03. The summed E-state index contributed by atoms with van der Waals surface area (Å²) in [5.41, 5.74) is 4.21. The summed E-state index contributed by atoms with van der Waals surface area (Å²) >= 11 is 0. The molecule has 0 aliphatic rings. The van der Waals surface area contributed by atoms with Crippen LogP contribution in [0.2, 0.25) is 0 Å². The van der Waals surface area contributed by atoms with Crippen LogP contribution < -0.4 is 9.47 Å². The number of nitrogens with zero attached hydrogens (tertiary/aromatic N) is 1. The van der Waals surface area contributed by atoms with Gasteiger partial charge in [0.05, 0.1) is 7.11 Å². The molecule has 0 atom stereocenters. The maximum atomic E-state index is 12.6. The lowest BCUT2D eigenvalue weighted by atomic mass is 10.0. The van der Waals surface area contributed by atoms with E-state index >= 15 is 0 Å². The zero-order valence-electron chi connectivity index (χ0n) is 17.5. The molecule has 0 radical (unpaired) electrons. The van der Waals surface area contributed by atoms with E-state index < -0.39 is 5.97 Å². The van der Waals surface area contributed by atoms with Crippen LogP contribution in [0.25, 0.3) is 12.2 Å². The van der Waals surface area contributed by atoms with Crippen molar-refractivity contribution in [2.75, 3.05) is 7.11 Å². The van der Waals surface area contributed by atoms with Crippen LogP contribution in [0.4, 0.5) is 0 Å². The van der Waals surface area contributed by atoms with Gasteiger partial charge in [-0.15, -0.1) is 0 Å². The van der Waals surface area contributed by atoms with Crippen LogP contribution in [0, 0.1) is 0 Å². The Morgan fingerprint density at radius 1 is 0.933 bits per heavy atom. The molecule has 1 aromatic heterocycles. The second kappa shape index (κ2) is 10.2. The third kappa shape index (κ3) is 5.67. The number of rotatable bonds is 7. The molecule has 4 heteroatoms. The van der Waals surface area contributed by atoms with Gasteiger partial charge in [-0.05, 0) is 55.7 Å². The Bertz CT molecular complexity index is 1050. The fourth-order valence-electron chi connectivity index (χ4n) is 2.91. The van der Waals surface area contributed by atoms with E-state index in [0.29, 0.717) is 17.9 Å². The van der Waals surface area contributed by atoms with Gasteiger partial charge in [0, 0.05) is 11.8 Å². The van der Waals surface area contributed by atoms with Gasteiger partial charge in [0.25, 0.3) is 0 Å². The number of esters is 1. The minimum absolute atomic E-state index is 0.259. The monoisotopic (exact) mass is 399 g/mol. The molecule has 0 bridgehead atoms. The molecule has 30 heavy (non-hydrogen) atoms. The molecule has 0 spiro atoms. The molecule has 3 aromatic rings. The van der Waals surface area contributed by atoms with E-state index in [1.165, 1.54) is 5.57 Å². The number of ether oxygens (including phenoxy) is 2. The number of hydrogen-bond acceptors (Lipinski definition) is 4. The number of pyridine rings is 1. The van der Waals surface area contributed by atoms with Gasteiger partial charge < -0.3 is 9.47 Å². The van der Waals surface area contributed by atoms with Crippen molar-refractivity contribution in [3.63, 3.8) is 0 Å². The minimum Gasteiger partial charge on any atom is -0.496 e.